The average molecular weight is 310 g/mol. The minimum atomic E-state index is -0.985. The van der Waals surface area contributed by atoms with Crippen molar-refractivity contribution in [2.24, 2.45) is 0 Å². The quantitative estimate of drug-likeness (QED) is 0.527. The molecule has 0 aromatic heterocycles. The molecule has 0 atom stereocenters. The first-order valence-electron chi connectivity index (χ1n) is 7.78. The van der Waals surface area contributed by atoms with Crippen molar-refractivity contribution in [2.75, 3.05) is 0 Å². The zero-order valence-corrected chi connectivity index (χ0v) is 12.9. The van der Waals surface area contributed by atoms with Gasteiger partial charge in [0.1, 0.15) is 5.41 Å². The Labute approximate surface area is 139 Å². The second kappa shape index (κ2) is 5.41. The normalized spacial score (nSPS) is 15.0. The molecule has 0 radical (unpaired) electrons. The zero-order valence-electron chi connectivity index (χ0n) is 12.9. The van der Waals surface area contributed by atoms with Gasteiger partial charge in [0.25, 0.3) is 5.78 Å². The van der Waals surface area contributed by atoms with Crippen molar-refractivity contribution in [1.82, 2.24) is 0 Å². The molecule has 3 aromatic carbocycles. The number of carbonyl (C=O) groups excluding carboxylic acids is 1. The summed E-state index contributed by atoms with van der Waals surface area (Å²) in [5.74, 6) is -0.205. The number of hydrogen-bond donors (Lipinski definition) is 0. The Hall–Kier alpha value is -3.29. The molecular formula is C21H14N2O. The van der Waals surface area contributed by atoms with Crippen molar-refractivity contribution in [3.8, 4) is 0 Å². The van der Waals surface area contributed by atoms with E-state index in [9.17, 15) is 10.3 Å². The van der Waals surface area contributed by atoms with Crippen LogP contribution < -0.4 is 0 Å². The molecular weight excluding hydrogens is 296 g/mol. The molecule has 0 heterocycles. The standard InChI is InChI=1S/C21H14N2O/c22-23-19-17-13-7-8-14-18(17)21(20(19)24,15-9-3-1-4-10-15)16-11-5-2-6-12-16/h1-14H. The fraction of sp³-hybridized carbons (Fsp3) is 0.0476. The number of carbonyl (C=O) groups is 1. The first-order chi connectivity index (χ1) is 11.8. The molecule has 114 valence electrons. The van der Waals surface area contributed by atoms with Crippen LogP contribution >= 0.6 is 0 Å². The third-order valence-corrected chi connectivity index (χ3v) is 4.66. The van der Waals surface area contributed by atoms with Crippen LogP contribution in [0, 0.1) is 0 Å². The molecule has 24 heavy (non-hydrogen) atoms. The van der Waals surface area contributed by atoms with E-state index in [1.54, 1.807) is 0 Å². The summed E-state index contributed by atoms with van der Waals surface area (Å²) in [6.07, 6.45) is 0. The van der Waals surface area contributed by atoms with E-state index in [4.69, 9.17) is 0 Å². The van der Waals surface area contributed by atoms with Gasteiger partial charge in [-0.2, -0.15) is 4.79 Å². The molecule has 3 nitrogen and oxygen atoms in total. The smallest absolute Gasteiger partial charge is 0.361 e. The third kappa shape index (κ3) is 1.76. The number of Topliss-reactive ketones (excluding diaryl/α,β-unsaturated/α-hetero) is 1. The first kappa shape index (κ1) is 14.3. The minimum absolute atomic E-state index is 0.110. The maximum Gasteiger partial charge on any atom is 0.366 e. The minimum Gasteiger partial charge on any atom is -0.361 e. The first-order valence-corrected chi connectivity index (χ1v) is 7.78. The highest BCUT2D eigenvalue weighted by atomic mass is 16.1. The molecule has 0 spiro atoms. The van der Waals surface area contributed by atoms with E-state index < -0.39 is 5.41 Å². The third-order valence-electron chi connectivity index (χ3n) is 4.66. The van der Waals surface area contributed by atoms with E-state index in [2.05, 4.69) is 4.79 Å². The van der Waals surface area contributed by atoms with Crippen LogP contribution in [0.5, 0.6) is 0 Å². The Morgan fingerprint density at radius 1 is 0.708 bits per heavy atom. The predicted octanol–water partition coefficient (Wildman–Crippen LogP) is 3.62. The van der Waals surface area contributed by atoms with Gasteiger partial charge in [-0.05, 0) is 22.8 Å². The largest absolute Gasteiger partial charge is 0.366 e. The van der Waals surface area contributed by atoms with Crippen molar-refractivity contribution in [3.05, 3.63) is 113 Å². The van der Waals surface area contributed by atoms with Gasteiger partial charge in [-0.3, -0.25) is 4.79 Å². The van der Waals surface area contributed by atoms with E-state index >= 15 is 0 Å². The highest BCUT2D eigenvalue weighted by Crippen LogP contribution is 2.46. The van der Waals surface area contributed by atoms with Crippen LogP contribution in [0.15, 0.2) is 84.9 Å². The van der Waals surface area contributed by atoms with Gasteiger partial charge in [0.05, 0.1) is 5.56 Å². The van der Waals surface area contributed by atoms with Crippen LogP contribution in [0.2, 0.25) is 0 Å². The van der Waals surface area contributed by atoms with Gasteiger partial charge in [-0.15, -0.1) is 0 Å². The number of ketones is 1. The van der Waals surface area contributed by atoms with Gasteiger partial charge in [0.2, 0.25) is 0 Å². The molecule has 0 N–H and O–H groups in total. The van der Waals surface area contributed by atoms with Crippen LogP contribution in [-0.2, 0) is 10.2 Å². The van der Waals surface area contributed by atoms with Gasteiger partial charge >= 0.3 is 5.71 Å². The van der Waals surface area contributed by atoms with E-state index in [0.717, 1.165) is 16.7 Å². The topological polar surface area (TPSA) is 53.5 Å². The molecule has 0 fully saturated rings. The maximum absolute atomic E-state index is 13.4. The lowest BCUT2D eigenvalue weighted by Crippen LogP contribution is -2.37. The van der Waals surface area contributed by atoms with Gasteiger partial charge in [0, 0.05) is 0 Å². The lowest BCUT2D eigenvalue weighted by molar-refractivity contribution is -0.119. The number of nitrogens with zero attached hydrogens (tertiary/aromatic N) is 2. The molecule has 0 unspecified atom stereocenters. The summed E-state index contributed by atoms with van der Waals surface area (Å²) in [7, 11) is 0. The van der Waals surface area contributed by atoms with Crippen LogP contribution in [0.3, 0.4) is 0 Å². The maximum atomic E-state index is 13.4. The van der Waals surface area contributed by atoms with Gasteiger partial charge < -0.3 is 5.53 Å². The second-order valence-corrected chi connectivity index (χ2v) is 5.81. The van der Waals surface area contributed by atoms with Crippen LogP contribution in [0.25, 0.3) is 5.53 Å². The van der Waals surface area contributed by atoms with Crippen molar-refractivity contribution < 1.29 is 9.58 Å². The van der Waals surface area contributed by atoms with Crippen molar-refractivity contribution >= 4 is 11.5 Å². The molecule has 0 saturated carbocycles. The summed E-state index contributed by atoms with van der Waals surface area (Å²) >= 11 is 0. The molecule has 0 aliphatic heterocycles. The number of fused-ring (bicyclic) bond motifs is 1. The summed E-state index contributed by atoms with van der Waals surface area (Å²) in [5, 5.41) is 0. The molecule has 1 aliphatic carbocycles. The average Bonchev–Trinajstić information content (AvgIpc) is 2.91. The highest BCUT2D eigenvalue weighted by molar-refractivity contribution is 6.51. The Bertz CT molecular complexity index is 931. The molecule has 0 bridgehead atoms. The van der Waals surface area contributed by atoms with E-state index in [1.165, 1.54) is 0 Å². The summed E-state index contributed by atoms with van der Waals surface area (Å²) < 4.78 is 0. The Morgan fingerprint density at radius 2 is 1.21 bits per heavy atom. The summed E-state index contributed by atoms with van der Waals surface area (Å²) in [5.41, 5.74) is 11.9. The van der Waals surface area contributed by atoms with E-state index in [-0.39, 0.29) is 11.5 Å². The van der Waals surface area contributed by atoms with Crippen LogP contribution in [0.1, 0.15) is 22.3 Å². The predicted molar refractivity (Wildman–Crippen MR) is 91.9 cm³/mol. The summed E-state index contributed by atoms with van der Waals surface area (Å²) in [6, 6.07) is 26.8. The van der Waals surface area contributed by atoms with Gasteiger partial charge in [-0.25, -0.2) is 0 Å². The number of rotatable bonds is 2. The van der Waals surface area contributed by atoms with Gasteiger partial charge in [-0.1, -0.05) is 78.9 Å². The zero-order chi connectivity index (χ0) is 16.6. The monoisotopic (exact) mass is 310 g/mol. The number of hydrogen-bond acceptors (Lipinski definition) is 1. The lowest BCUT2D eigenvalue weighted by Gasteiger charge is -2.28. The molecule has 4 rings (SSSR count). The van der Waals surface area contributed by atoms with Crippen LogP contribution in [0.4, 0.5) is 0 Å². The fourth-order valence-electron chi connectivity index (χ4n) is 3.65. The van der Waals surface area contributed by atoms with Gasteiger partial charge in [0.15, 0.2) is 0 Å². The lowest BCUT2D eigenvalue weighted by atomic mass is 9.69. The van der Waals surface area contributed by atoms with Crippen molar-refractivity contribution in [2.45, 2.75) is 5.41 Å². The summed E-state index contributed by atoms with van der Waals surface area (Å²) in [4.78, 5) is 16.7. The molecule has 3 aromatic rings. The molecule has 3 heteroatoms. The Kier molecular flexibility index (Phi) is 3.23. The number of benzene rings is 3. The van der Waals surface area contributed by atoms with E-state index in [0.29, 0.717) is 5.56 Å². The fourth-order valence-corrected chi connectivity index (χ4v) is 3.65. The van der Waals surface area contributed by atoms with Crippen molar-refractivity contribution in [1.29, 1.82) is 0 Å². The SMILES string of the molecule is [N-]=[N+]=C1C(=O)C(c2ccccc2)(c2ccccc2)c2ccccc21. The molecule has 0 saturated heterocycles. The molecule has 0 amide bonds. The Morgan fingerprint density at radius 3 is 1.75 bits per heavy atom. The molecule has 1 aliphatic rings. The highest BCUT2D eigenvalue weighted by Gasteiger charge is 2.56. The van der Waals surface area contributed by atoms with E-state index in [1.807, 2.05) is 84.9 Å². The van der Waals surface area contributed by atoms with Crippen molar-refractivity contribution in [3.63, 3.8) is 0 Å². The summed E-state index contributed by atoms with van der Waals surface area (Å²) in [6.45, 7) is 0. The van der Waals surface area contributed by atoms with Crippen LogP contribution in [-0.4, -0.2) is 16.3 Å². The Balaban J connectivity index is 2.17. The second-order valence-electron chi connectivity index (χ2n) is 5.81.